The summed E-state index contributed by atoms with van der Waals surface area (Å²) < 4.78 is 60.2. The summed E-state index contributed by atoms with van der Waals surface area (Å²) in [4.78, 5) is 1.87. The van der Waals surface area contributed by atoms with Crippen molar-refractivity contribution in [2.75, 3.05) is 26.2 Å². The molecule has 4 nitrogen and oxygen atoms in total. The van der Waals surface area contributed by atoms with Gasteiger partial charge in [0.15, 0.2) is 0 Å². The van der Waals surface area contributed by atoms with Crippen molar-refractivity contribution in [3.8, 4) is 0 Å². The molecule has 1 aliphatic rings. The lowest BCUT2D eigenvalue weighted by molar-refractivity contribution is -0.0545. The van der Waals surface area contributed by atoms with Gasteiger partial charge in [-0.15, -0.1) is 12.4 Å². The van der Waals surface area contributed by atoms with Crippen LogP contribution < -0.4 is 0 Å². The molecule has 0 atom stereocenters. The molecule has 0 N–H and O–H groups in total. The molecule has 1 rings (SSSR count). The van der Waals surface area contributed by atoms with Crippen molar-refractivity contribution in [3.05, 3.63) is 0 Å². The average molecular weight is 284 g/mol. The summed E-state index contributed by atoms with van der Waals surface area (Å²) in [5.41, 5.74) is -5.32. The number of nitrogens with zero attached hydrogens (tertiary/aromatic N) is 1. The second kappa shape index (κ2) is 6.04. The zero-order valence-electron chi connectivity index (χ0n) is 8.36. The molecule has 0 unspecified atom stereocenters. The Bertz CT molecular complexity index is 300. The minimum Gasteiger partial charge on any atom is -0.301 e. The number of rotatable bonds is 4. The first-order valence-electron chi connectivity index (χ1n) is 4.51. The Labute approximate surface area is 98.3 Å². The van der Waals surface area contributed by atoms with Gasteiger partial charge in [-0.2, -0.15) is 21.6 Å². The molecule has 0 spiro atoms. The van der Waals surface area contributed by atoms with Gasteiger partial charge in [0, 0.05) is 6.54 Å². The van der Waals surface area contributed by atoms with Crippen LogP contribution in [0.5, 0.6) is 0 Å². The van der Waals surface area contributed by atoms with Crippen molar-refractivity contribution in [1.82, 2.24) is 4.90 Å². The third-order valence-corrected chi connectivity index (χ3v) is 3.17. The summed E-state index contributed by atoms with van der Waals surface area (Å²) in [6.07, 6.45) is 1.98. The highest BCUT2D eigenvalue weighted by Crippen LogP contribution is 2.24. The maximum Gasteiger partial charge on any atom is 0.523 e. The third-order valence-electron chi connectivity index (χ3n) is 2.13. The van der Waals surface area contributed by atoms with Crippen molar-refractivity contribution in [3.63, 3.8) is 0 Å². The number of hydrogen-bond acceptors (Lipinski definition) is 4. The number of halogens is 4. The number of likely N-dealkylation sites (tertiary alicyclic amines) is 1. The standard InChI is InChI=1S/C7H12F3NO3S.ClH/c8-7(9,10)15(12,13)14-6-5-11-3-1-2-4-11;/h1-6H2;1H. The van der Waals surface area contributed by atoms with Gasteiger partial charge < -0.3 is 4.90 Å². The Balaban J connectivity index is 0.00000225. The van der Waals surface area contributed by atoms with E-state index in [0.29, 0.717) is 0 Å². The smallest absolute Gasteiger partial charge is 0.301 e. The van der Waals surface area contributed by atoms with Crippen molar-refractivity contribution in [2.45, 2.75) is 18.3 Å². The topological polar surface area (TPSA) is 46.6 Å². The monoisotopic (exact) mass is 283 g/mol. The quantitative estimate of drug-likeness (QED) is 0.577. The second-order valence-electron chi connectivity index (χ2n) is 3.27. The van der Waals surface area contributed by atoms with E-state index in [1.807, 2.05) is 4.90 Å². The van der Waals surface area contributed by atoms with Crippen molar-refractivity contribution >= 4 is 22.5 Å². The van der Waals surface area contributed by atoms with E-state index in [-0.39, 0.29) is 19.0 Å². The van der Waals surface area contributed by atoms with Gasteiger partial charge in [0.25, 0.3) is 0 Å². The van der Waals surface area contributed by atoms with Crippen molar-refractivity contribution < 1.29 is 25.8 Å². The van der Waals surface area contributed by atoms with E-state index >= 15 is 0 Å². The summed E-state index contributed by atoms with van der Waals surface area (Å²) in [6, 6.07) is 0. The summed E-state index contributed by atoms with van der Waals surface area (Å²) in [5, 5.41) is 0. The summed E-state index contributed by atoms with van der Waals surface area (Å²) >= 11 is 0. The van der Waals surface area contributed by atoms with Crippen LogP contribution in [-0.4, -0.2) is 45.1 Å². The lowest BCUT2D eigenvalue weighted by atomic mass is 10.4. The second-order valence-corrected chi connectivity index (χ2v) is 4.88. The molecule has 0 aromatic rings. The maximum absolute atomic E-state index is 11.8. The molecule has 16 heavy (non-hydrogen) atoms. The van der Waals surface area contributed by atoms with Crippen LogP contribution in [0.15, 0.2) is 0 Å². The molecule has 0 aliphatic carbocycles. The molecule has 9 heteroatoms. The highest BCUT2D eigenvalue weighted by Gasteiger charge is 2.47. The zero-order valence-corrected chi connectivity index (χ0v) is 10.00. The minimum atomic E-state index is -5.42. The van der Waals surface area contributed by atoms with E-state index in [1.165, 1.54) is 0 Å². The zero-order chi connectivity index (χ0) is 11.5. The molecule has 98 valence electrons. The highest BCUT2D eigenvalue weighted by atomic mass is 35.5. The fourth-order valence-corrected chi connectivity index (χ4v) is 1.78. The first-order chi connectivity index (χ1) is 6.83. The fourth-order valence-electron chi connectivity index (χ4n) is 1.35. The Morgan fingerprint density at radius 1 is 1.19 bits per heavy atom. The Morgan fingerprint density at radius 2 is 1.69 bits per heavy atom. The summed E-state index contributed by atoms with van der Waals surface area (Å²) in [6.45, 7) is 1.35. The molecule has 0 saturated carbocycles. The average Bonchev–Trinajstić information content (AvgIpc) is 2.54. The third kappa shape index (κ3) is 4.44. The molecule has 0 amide bonds. The number of alkyl halides is 3. The molecule has 1 fully saturated rings. The van der Waals surface area contributed by atoms with E-state index in [2.05, 4.69) is 4.18 Å². The van der Waals surface area contributed by atoms with Gasteiger partial charge in [-0.05, 0) is 25.9 Å². The summed E-state index contributed by atoms with van der Waals surface area (Å²) in [5.74, 6) is 0. The Kier molecular flexibility index (Phi) is 6.02. The molecule has 0 aromatic carbocycles. The number of hydrogen-bond donors (Lipinski definition) is 0. The van der Waals surface area contributed by atoms with Gasteiger partial charge >= 0.3 is 15.6 Å². The predicted molar refractivity (Wildman–Crippen MR) is 53.8 cm³/mol. The van der Waals surface area contributed by atoms with Crippen LogP contribution in [0.25, 0.3) is 0 Å². The first kappa shape index (κ1) is 16.0. The van der Waals surface area contributed by atoms with Crippen LogP contribution >= 0.6 is 12.4 Å². The molecule has 0 radical (unpaired) electrons. The van der Waals surface area contributed by atoms with Crippen LogP contribution in [0.4, 0.5) is 13.2 Å². The van der Waals surface area contributed by atoms with Crippen molar-refractivity contribution in [2.24, 2.45) is 0 Å². The minimum absolute atomic E-state index is 0. The molecule has 1 saturated heterocycles. The van der Waals surface area contributed by atoms with E-state index in [1.54, 1.807) is 0 Å². The van der Waals surface area contributed by atoms with Crippen LogP contribution in [0.1, 0.15) is 12.8 Å². The molecule has 1 aliphatic heterocycles. The van der Waals surface area contributed by atoms with Gasteiger partial charge in [0.1, 0.15) is 0 Å². The lowest BCUT2D eigenvalue weighted by Crippen LogP contribution is -2.30. The van der Waals surface area contributed by atoms with Crippen LogP contribution in [0.2, 0.25) is 0 Å². The van der Waals surface area contributed by atoms with Crippen LogP contribution in [0.3, 0.4) is 0 Å². The molecular formula is C7H13ClF3NO3S. The van der Waals surface area contributed by atoms with E-state index < -0.39 is 22.2 Å². The molecular weight excluding hydrogens is 271 g/mol. The Hall–Kier alpha value is -0.0500. The maximum atomic E-state index is 11.8. The largest absolute Gasteiger partial charge is 0.523 e. The van der Waals surface area contributed by atoms with E-state index in [9.17, 15) is 21.6 Å². The SMILES string of the molecule is Cl.O=S(=O)(OCCN1CCCC1)C(F)(F)F. The van der Waals surface area contributed by atoms with Gasteiger partial charge in [-0.3, -0.25) is 4.18 Å². The highest BCUT2D eigenvalue weighted by molar-refractivity contribution is 7.87. The fraction of sp³-hybridized carbons (Fsp3) is 1.00. The Morgan fingerprint density at radius 3 is 2.12 bits per heavy atom. The lowest BCUT2D eigenvalue weighted by Gasteiger charge is -2.14. The van der Waals surface area contributed by atoms with Gasteiger partial charge in [-0.25, -0.2) is 0 Å². The normalized spacial score (nSPS) is 18.4. The van der Waals surface area contributed by atoms with Gasteiger partial charge in [-0.1, -0.05) is 0 Å². The van der Waals surface area contributed by atoms with Gasteiger partial charge in [0.05, 0.1) is 6.61 Å². The molecule has 0 bridgehead atoms. The first-order valence-corrected chi connectivity index (χ1v) is 5.92. The van der Waals surface area contributed by atoms with E-state index in [0.717, 1.165) is 25.9 Å². The van der Waals surface area contributed by atoms with E-state index in [4.69, 9.17) is 0 Å². The molecule has 1 heterocycles. The predicted octanol–water partition coefficient (Wildman–Crippen LogP) is 1.37. The summed E-state index contributed by atoms with van der Waals surface area (Å²) in [7, 11) is -5.42. The van der Waals surface area contributed by atoms with Crippen molar-refractivity contribution in [1.29, 1.82) is 0 Å². The van der Waals surface area contributed by atoms with Crippen LogP contribution in [0, 0.1) is 0 Å². The molecule has 0 aromatic heterocycles. The van der Waals surface area contributed by atoms with Gasteiger partial charge in [0.2, 0.25) is 0 Å². The van der Waals surface area contributed by atoms with Crippen LogP contribution in [-0.2, 0) is 14.3 Å².